The van der Waals surface area contributed by atoms with Crippen LogP contribution in [-0.4, -0.2) is 28.4 Å². The number of nitrogens with zero attached hydrogens (tertiary/aromatic N) is 2. The summed E-state index contributed by atoms with van der Waals surface area (Å²) in [6.07, 6.45) is -5.06. The van der Waals surface area contributed by atoms with Crippen LogP contribution in [0.5, 0.6) is 5.75 Å². The maximum absolute atomic E-state index is 12.9. The second-order valence-corrected chi connectivity index (χ2v) is 6.12. The van der Waals surface area contributed by atoms with E-state index in [-0.39, 0.29) is 41.8 Å². The Morgan fingerprint density at radius 2 is 1.93 bits per heavy atom. The Kier molecular flexibility index (Phi) is 6.59. The summed E-state index contributed by atoms with van der Waals surface area (Å²) in [4.78, 5) is 27.9. The summed E-state index contributed by atoms with van der Waals surface area (Å²) in [6.45, 7) is 3.20. The van der Waals surface area contributed by atoms with E-state index in [9.17, 15) is 33.1 Å². The van der Waals surface area contributed by atoms with Crippen molar-refractivity contribution in [1.82, 2.24) is 4.98 Å². The standard InChI is InChI=1S/C20H17F3N2O4/c1-3-29-17(27)7-6-16(26)18-19(28)12(10-24)9-15(25-18)14-5-4-13(8-11(14)2)20(21,22)23/h4-5,8-9,28H,3,6-7H2,1-2H3. The fourth-order valence-electron chi connectivity index (χ4n) is 2.65. The molecule has 152 valence electrons. The number of carbonyl (C=O) groups excluding carboxylic acids is 2. The van der Waals surface area contributed by atoms with Crippen molar-refractivity contribution >= 4 is 11.8 Å². The number of ketones is 1. The number of hydrogen-bond acceptors (Lipinski definition) is 6. The number of carbonyl (C=O) groups is 2. The Morgan fingerprint density at radius 3 is 2.48 bits per heavy atom. The molecule has 9 heteroatoms. The number of ether oxygens (including phenoxy) is 1. The van der Waals surface area contributed by atoms with Crippen LogP contribution in [0.4, 0.5) is 13.2 Å². The van der Waals surface area contributed by atoms with Gasteiger partial charge in [-0.3, -0.25) is 9.59 Å². The lowest BCUT2D eigenvalue weighted by Gasteiger charge is -2.13. The van der Waals surface area contributed by atoms with Crippen LogP contribution in [0.25, 0.3) is 11.3 Å². The number of halogens is 3. The van der Waals surface area contributed by atoms with Crippen LogP contribution in [0.3, 0.4) is 0 Å². The molecule has 0 aliphatic carbocycles. The lowest BCUT2D eigenvalue weighted by molar-refractivity contribution is -0.143. The SMILES string of the molecule is CCOC(=O)CCC(=O)c1nc(-c2ccc(C(F)(F)F)cc2C)cc(C#N)c1O. The monoisotopic (exact) mass is 406 g/mol. The summed E-state index contributed by atoms with van der Waals surface area (Å²) in [5.41, 5.74) is -0.967. The van der Waals surface area contributed by atoms with Crippen molar-refractivity contribution in [2.45, 2.75) is 32.9 Å². The lowest BCUT2D eigenvalue weighted by Crippen LogP contribution is -2.10. The van der Waals surface area contributed by atoms with E-state index in [2.05, 4.69) is 4.98 Å². The molecule has 0 amide bonds. The second-order valence-electron chi connectivity index (χ2n) is 6.12. The third-order valence-corrected chi connectivity index (χ3v) is 4.07. The first-order valence-electron chi connectivity index (χ1n) is 8.59. The van der Waals surface area contributed by atoms with E-state index in [1.807, 2.05) is 0 Å². The summed E-state index contributed by atoms with van der Waals surface area (Å²) in [7, 11) is 0. The van der Waals surface area contributed by atoms with Gasteiger partial charge in [-0.25, -0.2) is 4.98 Å². The zero-order chi connectivity index (χ0) is 21.8. The number of rotatable bonds is 6. The molecule has 0 radical (unpaired) electrons. The van der Waals surface area contributed by atoms with Crippen LogP contribution in [0.2, 0.25) is 0 Å². The molecule has 1 heterocycles. The Balaban J connectivity index is 2.45. The van der Waals surface area contributed by atoms with Crippen LogP contribution in [-0.2, 0) is 15.7 Å². The number of aryl methyl sites for hydroxylation is 1. The number of esters is 1. The zero-order valence-electron chi connectivity index (χ0n) is 15.6. The molecule has 1 N–H and O–H groups in total. The predicted octanol–water partition coefficient (Wildman–Crippen LogP) is 4.18. The minimum absolute atomic E-state index is 0.0602. The van der Waals surface area contributed by atoms with Crippen LogP contribution in [0.15, 0.2) is 24.3 Å². The lowest BCUT2D eigenvalue weighted by atomic mass is 9.99. The molecule has 0 aliphatic heterocycles. The van der Waals surface area contributed by atoms with Crippen LogP contribution >= 0.6 is 0 Å². The summed E-state index contributed by atoms with van der Waals surface area (Å²) in [5, 5.41) is 19.4. The highest BCUT2D eigenvalue weighted by Gasteiger charge is 2.31. The van der Waals surface area contributed by atoms with E-state index in [0.29, 0.717) is 0 Å². The van der Waals surface area contributed by atoms with E-state index in [0.717, 1.165) is 12.1 Å². The summed E-state index contributed by atoms with van der Waals surface area (Å²) in [5.74, 6) is -1.94. The van der Waals surface area contributed by atoms with Gasteiger partial charge in [0.05, 0.1) is 29.8 Å². The van der Waals surface area contributed by atoms with Gasteiger partial charge in [-0.15, -0.1) is 0 Å². The topological polar surface area (TPSA) is 100 Å². The Hall–Kier alpha value is -3.41. The fourth-order valence-corrected chi connectivity index (χ4v) is 2.65. The highest BCUT2D eigenvalue weighted by Crippen LogP contribution is 2.34. The average molecular weight is 406 g/mol. The third-order valence-electron chi connectivity index (χ3n) is 4.07. The van der Waals surface area contributed by atoms with Crippen molar-refractivity contribution in [2.75, 3.05) is 6.61 Å². The molecule has 0 aliphatic rings. The summed E-state index contributed by atoms with van der Waals surface area (Å²) in [6, 6.07) is 5.90. The predicted molar refractivity (Wildman–Crippen MR) is 96.0 cm³/mol. The van der Waals surface area contributed by atoms with Gasteiger partial charge in [0.15, 0.2) is 11.5 Å². The van der Waals surface area contributed by atoms with Crippen molar-refractivity contribution in [2.24, 2.45) is 0 Å². The Labute approximate surface area is 164 Å². The van der Waals surface area contributed by atoms with Crippen LogP contribution in [0, 0.1) is 18.3 Å². The van der Waals surface area contributed by atoms with Gasteiger partial charge >= 0.3 is 12.1 Å². The summed E-state index contributed by atoms with van der Waals surface area (Å²) < 4.78 is 43.4. The number of pyridine rings is 1. The molecule has 0 atom stereocenters. The molecule has 0 saturated heterocycles. The van der Waals surface area contributed by atoms with Gasteiger partial charge in [-0.05, 0) is 37.6 Å². The minimum atomic E-state index is -4.52. The molecular weight excluding hydrogens is 389 g/mol. The molecule has 0 fully saturated rings. The number of hydrogen-bond donors (Lipinski definition) is 1. The molecule has 0 unspecified atom stereocenters. The highest BCUT2D eigenvalue weighted by molar-refractivity contribution is 5.99. The molecule has 1 aromatic carbocycles. The number of alkyl halides is 3. The number of Topliss-reactive ketones (excluding diaryl/α,β-unsaturated/α-hetero) is 1. The third kappa shape index (κ3) is 5.10. The van der Waals surface area contributed by atoms with Gasteiger partial charge in [-0.1, -0.05) is 6.07 Å². The van der Waals surface area contributed by atoms with E-state index in [1.165, 1.54) is 19.1 Å². The van der Waals surface area contributed by atoms with Gasteiger partial charge in [0, 0.05) is 12.0 Å². The molecule has 0 saturated carbocycles. The fraction of sp³-hybridized carbons (Fsp3) is 0.300. The first-order valence-corrected chi connectivity index (χ1v) is 8.59. The van der Waals surface area contributed by atoms with Gasteiger partial charge < -0.3 is 9.84 Å². The molecule has 6 nitrogen and oxygen atoms in total. The van der Waals surface area contributed by atoms with E-state index < -0.39 is 34.9 Å². The zero-order valence-corrected chi connectivity index (χ0v) is 15.6. The van der Waals surface area contributed by atoms with Crippen molar-refractivity contribution in [3.63, 3.8) is 0 Å². The molecule has 29 heavy (non-hydrogen) atoms. The van der Waals surface area contributed by atoms with E-state index in [4.69, 9.17) is 4.74 Å². The van der Waals surface area contributed by atoms with Crippen LogP contribution in [0.1, 0.15) is 46.9 Å². The average Bonchev–Trinajstić information content (AvgIpc) is 2.66. The number of aromatic hydroxyl groups is 1. The first-order chi connectivity index (χ1) is 13.6. The number of nitriles is 1. The van der Waals surface area contributed by atoms with Crippen molar-refractivity contribution in [3.05, 3.63) is 46.6 Å². The van der Waals surface area contributed by atoms with Gasteiger partial charge in [0.1, 0.15) is 11.8 Å². The maximum atomic E-state index is 12.9. The van der Waals surface area contributed by atoms with E-state index >= 15 is 0 Å². The highest BCUT2D eigenvalue weighted by atomic mass is 19.4. The molecule has 0 bridgehead atoms. The van der Waals surface area contributed by atoms with E-state index in [1.54, 1.807) is 13.0 Å². The molecule has 0 spiro atoms. The van der Waals surface area contributed by atoms with Crippen LogP contribution < -0.4 is 0 Å². The maximum Gasteiger partial charge on any atom is 0.416 e. The number of aromatic nitrogens is 1. The molecule has 1 aromatic heterocycles. The largest absolute Gasteiger partial charge is 0.504 e. The molecular formula is C20H17F3N2O4. The molecule has 2 aromatic rings. The van der Waals surface area contributed by atoms with Crippen molar-refractivity contribution in [1.29, 1.82) is 5.26 Å². The Morgan fingerprint density at radius 1 is 1.24 bits per heavy atom. The summed E-state index contributed by atoms with van der Waals surface area (Å²) >= 11 is 0. The van der Waals surface area contributed by atoms with Gasteiger partial charge in [0.2, 0.25) is 0 Å². The first kappa shape index (κ1) is 21.9. The minimum Gasteiger partial charge on any atom is -0.504 e. The molecule has 2 rings (SSSR count). The quantitative estimate of drug-likeness (QED) is 0.571. The smallest absolute Gasteiger partial charge is 0.416 e. The van der Waals surface area contributed by atoms with Crippen molar-refractivity contribution in [3.8, 4) is 23.1 Å². The second kappa shape index (κ2) is 8.73. The van der Waals surface area contributed by atoms with Gasteiger partial charge in [0.25, 0.3) is 0 Å². The Bertz CT molecular complexity index is 994. The van der Waals surface area contributed by atoms with Crippen molar-refractivity contribution < 1.29 is 32.6 Å². The number of benzene rings is 1. The normalized spacial score (nSPS) is 11.0. The van der Waals surface area contributed by atoms with Gasteiger partial charge in [-0.2, -0.15) is 18.4 Å².